The number of piperazine rings is 1. The van der Waals surface area contributed by atoms with E-state index in [1.165, 1.54) is 12.1 Å². The SMILES string of the molecule is CC(C)C[C@H](NC(=O)CNC(=O)c1cc(Cl)ccc1Cl)B1OC(=O)[C@H]2CN(C)C[C@@H](C(=O)O1)N2C. The van der Waals surface area contributed by atoms with Crippen LogP contribution in [0.2, 0.25) is 10.0 Å². The van der Waals surface area contributed by atoms with E-state index in [-0.39, 0.29) is 23.0 Å². The van der Waals surface area contributed by atoms with E-state index in [1.54, 1.807) is 18.0 Å². The first-order valence-corrected chi connectivity index (χ1v) is 12.1. The smallest absolute Gasteiger partial charge is 0.497 e. The molecule has 0 saturated carbocycles. The number of hydrogen-bond donors (Lipinski definition) is 2. The van der Waals surface area contributed by atoms with E-state index in [0.29, 0.717) is 24.5 Å². The highest BCUT2D eigenvalue weighted by Crippen LogP contribution is 2.22. The topological polar surface area (TPSA) is 117 Å². The number of fused-ring (bicyclic) bond motifs is 2. The molecule has 10 nitrogen and oxygen atoms in total. The Morgan fingerprint density at radius 2 is 1.71 bits per heavy atom. The van der Waals surface area contributed by atoms with Gasteiger partial charge in [0.1, 0.15) is 12.1 Å². The monoisotopic (exact) mass is 526 g/mol. The largest absolute Gasteiger partial charge is 0.622 e. The molecule has 2 aliphatic heterocycles. The van der Waals surface area contributed by atoms with Gasteiger partial charge in [0, 0.05) is 18.1 Å². The molecule has 190 valence electrons. The average molecular weight is 527 g/mol. The van der Waals surface area contributed by atoms with E-state index < -0.39 is 48.9 Å². The second-order valence-electron chi connectivity index (χ2n) is 9.27. The van der Waals surface area contributed by atoms with Gasteiger partial charge in [0.05, 0.1) is 23.1 Å². The molecule has 2 aliphatic rings. The second kappa shape index (κ2) is 11.6. The molecule has 2 fully saturated rings. The fraction of sp³-hybridized carbons (Fsp3) is 0.545. The Balaban J connectivity index is 1.69. The summed E-state index contributed by atoms with van der Waals surface area (Å²) in [6, 6.07) is 3.17. The average Bonchev–Trinajstić information content (AvgIpc) is 2.78. The van der Waals surface area contributed by atoms with Crippen molar-refractivity contribution in [2.75, 3.05) is 33.7 Å². The third-order valence-electron chi connectivity index (χ3n) is 5.94. The highest BCUT2D eigenvalue weighted by Gasteiger charge is 2.49. The molecular weight excluding hydrogens is 498 g/mol. The van der Waals surface area contributed by atoms with Crippen LogP contribution >= 0.6 is 23.2 Å². The quantitative estimate of drug-likeness (QED) is 0.505. The number of carbonyl (C=O) groups is 4. The maximum atomic E-state index is 12.9. The molecule has 0 radical (unpaired) electrons. The Bertz CT molecular complexity index is 969. The lowest BCUT2D eigenvalue weighted by atomic mass is 9.73. The van der Waals surface area contributed by atoms with Crippen LogP contribution < -0.4 is 10.6 Å². The molecular formula is C22H29BCl2N4O6. The number of amides is 2. The van der Waals surface area contributed by atoms with Crippen molar-refractivity contribution >= 4 is 54.1 Å². The van der Waals surface area contributed by atoms with E-state index in [1.807, 2.05) is 25.8 Å². The van der Waals surface area contributed by atoms with Gasteiger partial charge in [-0.3, -0.25) is 24.1 Å². The van der Waals surface area contributed by atoms with Gasteiger partial charge in [-0.15, -0.1) is 0 Å². The standard InChI is InChI=1S/C22H29BCl2N4O6/c1-12(2)7-18(27-19(30)9-26-20(31)14-8-13(24)5-6-15(14)25)23-34-21(32)16-10-28(3)11-17(29(16)4)22(33)35-23/h5-6,8,12,16-18H,7,9-11H2,1-4H3,(H,26,31)(H,27,30)/t16-,17+,18-/m0/s1. The summed E-state index contributed by atoms with van der Waals surface area (Å²) in [6.07, 6.45) is 0.371. The highest BCUT2D eigenvalue weighted by atomic mass is 35.5. The van der Waals surface area contributed by atoms with Crippen molar-refractivity contribution in [1.82, 2.24) is 20.4 Å². The van der Waals surface area contributed by atoms with Crippen molar-refractivity contribution in [1.29, 1.82) is 0 Å². The molecule has 2 amide bonds. The number of benzene rings is 1. The van der Waals surface area contributed by atoms with Gasteiger partial charge >= 0.3 is 19.1 Å². The van der Waals surface area contributed by atoms with E-state index in [2.05, 4.69) is 10.6 Å². The van der Waals surface area contributed by atoms with Gasteiger partial charge in [0.15, 0.2) is 0 Å². The third-order valence-corrected chi connectivity index (χ3v) is 6.51. The number of carbonyl (C=O) groups excluding carboxylic acids is 4. The van der Waals surface area contributed by atoms with Crippen LogP contribution in [0.4, 0.5) is 0 Å². The van der Waals surface area contributed by atoms with Gasteiger partial charge < -0.3 is 24.8 Å². The minimum Gasteiger partial charge on any atom is -0.497 e. The fourth-order valence-electron chi connectivity index (χ4n) is 4.13. The van der Waals surface area contributed by atoms with Crippen molar-refractivity contribution in [3.63, 3.8) is 0 Å². The lowest BCUT2D eigenvalue weighted by Gasteiger charge is -2.43. The number of hydrogen-bond acceptors (Lipinski definition) is 8. The zero-order valence-corrected chi connectivity index (χ0v) is 21.6. The zero-order chi connectivity index (χ0) is 25.9. The first-order valence-electron chi connectivity index (χ1n) is 11.3. The number of likely N-dealkylation sites (N-methyl/N-ethyl adjacent to an activating group) is 2. The molecule has 2 heterocycles. The summed E-state index contributed by atoms with van der Waals surface area (Å²) in [4.78, 5) is 54.4. The molecule has 35 heavy (non-hydrogen) atoms. The van der Waals surface area contributed by atoms with E-state index in [4.69, 9.17) is 32.5 Å². The van der Waals surface area contributed by atoms with Crippen LogP contribution in [-0.2, 0) is 23.7 Å². The predicted octanol–water partition coefficient (Wildman–Crippen LogP) is 0.996. The Labute approximate surface area is 214 Å². The summed E-state index contributed by atoms with van der Waals surface area (Å²) >= 11 is 12.0. The normalized spacial score (nSPS) is 22.1. The van der Waals surface area contributed by atoms with Crippen molar-refractivity contribution in [2.24, 2.45) is 5.92 Å². The lowest BCUT2D eigenvalue weighted by Crippen LogP contribution is -2.66. The van der Waals surface area contributed by atoms with Gasteiger partial charge in [-0.2, -0.15) is 0 Å². The Hall–Kier alpha value is -2.34. The molecule has 2 saturated heterocycles. The molecule has 0 aromatic heterocycles. The number of nitrogens with one attached hydrogen (secondary N) is 2. The summed E-state index contributed by atoms with van der Waals surface area (Å²) < 4.78 is 11.1. The fourth-order valence-corrected chi connectivity index (χ4v) is 4.50. The van der Waals surface area contributed by atoms with E-state index >= 15 is 0 Å². The molecule has 2 N–H and O–H groups in total. The summed E-state index contributed by atoms with van der Waals surface area (Å²) in [5, 5.41) is 5.75. The van der Waals surface area contributed by atoms with Crippen LogP contribution in [0.15, 0.2) is 18.2 Å². The van der Waals surface area contributed by atoms with Crippen molar-refractivity contribution in [2.45, 2.75) is 38.3 Å². The molecule has 3 rings (SSSR count). The summed E-state index contributed by atoms with van der Waals surface area (Å²) in [5.74, 6) is -2.91. The van der Waals surface area contributed by atoms with Crippen LogP contribution in [0.5, 0.6) is 0 Å². The molecule has 0 spiro atoms. The summed E-state index contributed by atoms with van der Waals surface area (Å²) in [5.41, 5.74) is 0.134. The Morgan fingerprint density at radius 3 is 2.29 bits per heavy atom. The molecule has 3 atom stereocenters. The first-order chi connectivity index (χ1) is 16.5. The molecule has 0 unspecified atom stereocenters. The molecule has 13 heteroatoms. The summed E-state index contributed by atoms with van der Waals surface area (Å²) in [7, 11) is 2.22. The number of rotatable bonds is 7. The van der Waals surface area contributed by atoms with Gasteiger partial charge in [0.2, 0.25) is 5.91 Å². The van der Waals surface area contributed by atoms with Crippen LogP contribution in [0.25, 0.3) is 0 Å². The lowest BCUT2D eigenvalue weighted by molar-refractivity contribution is -0.159. The van der Waals surface area contributed by atoms with Gasteiger partial charge in [-0.25, -0.2) is 0 Å². The summed E-state index contributed by atoms with van der Waals surface area (Å²) in [6.45, 7) is 4.29. The molecule has 1 aromatic rings. The maximum Gasteiger partial charge on any atom is 0.622 e. The molecule has 2 bridgehead atoms. The number of nitrogens with zero attached hydrogens (tertiary/aromatic N) is 2. The third kappa shape index (κ3) is 6.87. The Morgan fingerprint density at radius 1 is 1.11 bits per heavy atom. The minimum atomic E-state index is -1.29. The van der Waals surface area contributed by atoms with Crippen LogP contribution in [0.3, 0.4) is 0 Å². The maximum absolute atomic E-state index is 12.9. The Kier molecular flexibility index (Phi) is 9.03. The van der Waals surface area contributed by atoms with Crippen molar-refractivity contribution in [3.8, 4) is 0 Å². The highest BCUT2D eigenvalue weighted by molar-refractivity contribution is 6.51. The van der Waals surface area contributed by atoms with Gasteiger partial charge in [-0.05, 0) is 44.6 Å². The molecule has 1 aromatic carbocycles. The molecule has 0 aliphatic carbocycles. The first kappa shape index (κ1) is 27.3. The van der Waals surface area contributed by atoms with Crippen LogP contribution in [0, 0.1) is 5.92 Å². The van der Waals surface area contributed by atoms with Crippen LogP contribution in [0.1, 0.15) is 30.6 Å². The van der Waals surface area contributed by atoms with Crippen molar-refractivity contribution < 1.29 is 28.5 Å². The number of halogens is 2. The van der Waals surface area contributed by atoms with Crippen molar-refractivity contribution in [3.05, 3.63) is 33.8 Å². The van der Waals surface area contributed by atoms with Gasteiger partial charge in [-0.1, -0.05) is 37.0 Å². The predicted molar refractivity (Wildman–Crippen MR) is 131 cm³/mol. The minimum absolute atomic E-state index is 0.0799. The van der Waals surface area contributed by atoms with Crippen LogP contribution in [-0.4, -0.2) is 92.4 Å². The van der Waals surface area contributed by atoms with E-state index in [9.17, 15) is 19.2 Å². The van der Waals surface area contributed by atoms with E-state index in [0.717, 1.165) is 0 Å². The zero-order valence-electron chi connectivity index (χ0n) is 20.0. The second-order valence-corrected chi connectivity index (χ2v) is 10.1. The van der Waals surface area contributed by atoms with Gasteiger partial charge in [0.25, 0.3) is 5.91 Å².